The number of β-amino-alcohol motifs (C(OH)–C–C–N with tert-alkyl or cyclic N) is 1. The summed E-state index contributed by atoms with van der Waals surface area (Å²) in [7, 11) is 0. The van der Waals surface area contributed by atoms with Gasteiger partial charge in [0.05, 0.1) is 19.8 Å². The molecule has 2 saturated heterocycles. The number of carbonyl (C=O) groups excluding carboxylic acids is 1. The first kappa shape index (κ1) is 18.3. The molecule has 0 bridgehead atoms. The van der Waals surface area contributed by atoms with Crippen LogP contribution >= 0.6 is 0 Å². The maximum absolute atomic E-state index is 14.9. The molecule has 0 radical (unpaired) electrons. The van der Waals surface area contributed by atoms with Crippen molar-refractivity contribution in [1.82, 2.24) is 19.2 Å². The Morgan fingerprint density at radius 2 is 2.11 bits per heavy atom. The highest BCUT2D eigenvalue weighted by atomic mass is 19.1. The lowest BCUT2D eigenvalue weighted by Gasteiger charge is -2.33. The molecule has 146 valence electrons. The van der Waals surface area contributed by atoms with Crippen molar-refractivity contribution in [2.45, 2.75) is 25.4 Å². The van der Waals surface area contributed by atoms with Crippen LogP contribution in [0.2, 0.25) is 0 Å². The Hall–Kier alpha value is -2.03. The Morgan fingerprint density at radius 3 is 2.85 bits per heavy atom. The number of fused-ring (bicyclic) bond motifs is 1. The van der Waals surface area contributed by atoms with E-state index in [1.165, 1.54) is 9.30 Å². The molecule has 8 heteroatoms. The number of halogens is 1. The number of ether oxygens (including phenoxy) is 1. The fourth-order valence-electron chi connectivity index (χ4n) is 4.04. The Kier molecular flexibility index (Phi) is 4.88. The number of imidazole rings is 1. The summed E-state index contributed by atoms with van der Waals surface area (Å²) in [5.74, 6) is -1.18. The van der Waals surface area contributed by atoms with Crippen molar-refractivity contribution < 1.29 is 19.0 Å². The number of rotatable bonds is 3. The Labute approximate surface area is 157 Å². The Balaban J connectivity index is 1.58. The molecule has 2 fully saturated rings. The van der Waals surface area contributed by atoms with Gasteiger partial charge in [0.2, 0.25) is 5.95 Å². The maximum atomic E-state index is 14.9. The lowest BCUT2D eigenvalue weighted by Crippen LogP contribution is -2.53. The van der Waals surface area contributed by atoms with Crippen LogP contribution in [0.25, 0.3) is 5.65 Å². The second-order valence-corrected chi connectivity index (χ2v) is 7.60. The standard InChI is InChI=1S/C19H25FN4O3/c1-14-5-4-6-15-21-16(17(20)24(14)15)18(25)23-9-10-27-13-19(26,12-23)11-22-7-2-3-8-22/h4-6,26H,2-3,7-13H2,1H3/t19-/m0/s1. The summed E-state index contributed by atoms with van der Waals surface area (Å²) in [6.45, 7) is 4.97. The predicted octanol–water partition coefficient (Wildman–Crippen LogP) is 1.08. The largest absolute Gasteiger partial charge is 0.384 e. The van der Waals surface area contributed by atoms with E-state index in [2.05, 4.69) is 9.88 Å². The zero-order chi connectivity index (χ0) is 19.0. The summed E-state index contributed by atoms with van der Waals surface area (Å²) in [6, 6.07) is 5.21. The van der Waals surface area contributed by atoms with E-state index in [0.29, 0.717) is 31.0 Å². The molecule has 0 unspecified atom stereocenters. The fraction of sp³-hybridized carbons (Fsp3) is 0.579. The van der Waals surface area contributed by atoms with Crippen LogP contribution in [-0.2, 0) is 4.74 Å². The molecule has 0 saturated carbocycles. The minimum Gasteiger partial charge on any atom is -0.384 e. The number of hydrogen-bond acceptors (Lipinski definition) is 5. The zero-order valence-corrected chi connectivity index (χ0v) is 15.5. The summed E-state index contributed by atoms with van der Waals surface area (Å²) in [5.41, 5.74) is -0.313. The number of aromatic nitrogens is 2. The molecule has 1 N–H and O–H groups in total. The van der Waals surface area contributed by atoms with E-state index in [-0.39, 0.29) is 18.8 Å². The normalized spacial score (nSPS) is 24.5. The molecule has 4 rings (SSSR count). The molecule has 0 spiro atoms. The molecular weight excluding hydrogens is 351 g/mol. The second-order valence-electron chi connectivity index (χ2n) is 7.60. The minimum atomic E-state index is -1.16. The van der Waals surface area contributed by atoms with Crippen molar-refractivity contribution >= 4 is 11.6 Å². The molecule has 2 aromatic rings. The second kappa shape index (κ2) is 7.18. The number of hydrogen-bond donors (Lipinski definition) is 1. The van der Waals surface area contributed by atoms with E-state index >= 15 is 0 Å². The zero-order valence-electron chi connectivity index (χ0n) is 15.5. The molecular formula is C19H25FN4O3. The average Bonchev–Trinajstić information content (AvgIpc) is 3.20. The summed E-state index contributed by atoms with van der Waals surface area (Å²) in [5, 5.41) is 11.1. The summed E-state index contributed by atoms with van der Waals surface area (Å²) in [6.07, 6.45) is 2.23. The van der Waals surface area contributed by atoms with Crippen LogP contribution in [-0.4, -0.2) is 81.7 Å². The summed E-state index contributed by atoms with van der Waals surface area (Å²) < 4.78 is 21.8. The third-order valence-electron chi connectivity index (χ3n) is 5.35. The molecule has 0 aliphatic carbocycles. The van der Waals surface area contributed by atoms with E-state index in [9.17, 15) is 14.3 Å². The predicted molar refractivity (Wildman–Crippen MR) is 97.2 cm³/mol. The smallest absolute Gasteiger partial charge is 0.277 e. The third kappa shape index (κ3) is 3.56. The Morgan fingerprint density at radius 1 is 1.33 bits per heavy atom. The van der Waals surface area contributed by atoms with Crippen molar-refractivity contribution in [2.75, 3.05) is 45.9 Å². The van der Waals surface area contributed by atoms with Crippen LogP contribution < -0.4 is 0 Å². The molecule has 2 aliphatic rings. The van der Waals surface area contributed by atoms with Gasteiger partial charge in [-0.15, -0.1) is 0 Å². The molecule has 7 nitrogen and oxygen atoms in total. The lowest BCUT2D eigenvalue weighted by molar-refractivity contribution is -0.0525. The highest BCUT2D eigenvalue weighted by Gasteiger charge is 2.38. The number of amides is 1. The van der Waals surface area contributed by atoms with Gasteiger partial charge < -0.3 is 19.6 Å². The van der Waals surface area contributed by atoms with Gasteiger partial charge in [0.15, 0.2) is 5.69 Å². The molecule has 27 heavy (non-hydrogen) atoms. The maximum Gasteiger partial charge on any atom is 0.277 e. The minimum absolute atomic E-state index is 0.106. The molecule has 1 atom stereocenters. The topological polar surface area (TPSA) is 70.3 Å². The van der Waals surface area contributed by atoms with E-state index in [4.69, 9.17) is 4.74 Å². The summed E-state index contributed by atoms with van der Waals surface area (Å²) in [4.78, 5) is 20.9. The van der Waals surface area contributed by atoms with Gasteiger partial charge in [-0.25, -0.2) is 4.98 Å². The Bertz CT molecular complexity index is 849. The van der Waals surface area contributed by atoms with Crippen LogP contribution in [0.5, 0.6) is 0 Å². The molecule has 1 amide bonds. The highest BCUT2D eigenvalue weighted by molar-refractivity contribution is 5.93. The highest BCUT2D eigenvalue weighted by Crippen LogP contribution is 2.21. The van der Waals surface area contributed by atoms with Crippen LogP contribution in [0.15, 0.2) is 18.2 Å². The van der Waals surface area contributed by atoms with E-state index in [1.807, 2.05) is 0 Å². The molecule has 2 aliphatic heterocycles. The monoisotopic (exact) mass is 376 g/mol. The van der Waals surface area contributed by atoms with Crippen molar-refractivity contribution in [3.05, 3.63) is 35.5 Å². The van der Waals surface area contributed by atoms with Crippen LogP contribution in [0, 0.1) is 12.9 Å². The van der Waals surface area contributed by atoms with Crippen molar-refractivity contribution in [3.8, 4) is 0 Å². The lowest BCUT2D eigenvalue weighted by atomic mass is 10.0. The molecule has 2 aromatic heterocycles. The first-order chi connectivity index (χ1) is 13.0. The number of aryl methyl sites for hydroxylation is 1. The van der Waals surface area contributed by atoms with Crippen molar-refractivity contribution in [1.29, 1.82) is 0 Å². The first-order valence-electron chi connectivity index (χ1n) is 9.42. The van der Waals surface area contributed by atoms with E-state index < -0.39 is 17.5 Å². The van der Waals surface area contributed by atoms with Crippen molar-refractivity contribution in [2.24, 2.45) is 0 Å². The number of carbonyl (C=O) groups is 1. The van der Waals surface area contributed by atoms with E-state index in [1.54, 1.807) is 25.1 Å². The van der Waals surface area contributed by atoms with Gasteiger partial charge in [0.1, 0.15) is 11.2 Å². The molecule has 0 aromatic carbocycles. The van der Waals surface area contributed by atoms with Gasteiger partial charge in [0, 0.05) is 18.8 Å². The number of likely N-dealkylation sites (tertiary alicyclic amines) is 1. The van der Waals surface area contributed by atoms with Gasteiger partial charge in [-0.1, -0.05) is 6.07 Å². The SMILES string of the molecule is Cc1cccc2nc(C(=O)N3CCOC[C@](O)(CN4CCCC4)C3)c(F)n12. The van der Waals surface area contributed by atoms with Gasteiger partial charge in [0.25, 0.3) is 5.91 Å². The quantitative estimate of drug-likeness (QED) is 0.868. The third-order valence-corrected chi connectivity index (χ3v) is 5.35. The molecule has 4 heterocycles. The summed E-state index contributed by atoms with van der Waals surface area (Å²) >= 11 is 0. The van der Waals surface area contributed by atoms with Crippen LogP contribution in [0.1, 0.15) is 29.0 Å². The first-order valence-corrected chi connectivity index (χ1v) is 9.42. The van der Waals surface area contributed by atoms with Gasteiger partial charge >= 0.3 is 0 Å². The van der Waals surface area contributed by atoms with Crippen molar-refractivity contribution in [3.63, 3.8) is 0 Å². The van der Waals surface area contributed by atoms with Gasteiger partial charge in [-0.2, -0.15) is 4.39 Å². The van der Waals surface area contributed by atoms with E-state index in [0.717, 1.165) is 25.9 Å². The number of pyridine rings is 1. The van der Waals surface area contributed by atoms with Crippen LogP contribution in [0.3, 0.4) is 0 Å². The number of aliphatic hydroxyl groups is 1. The van der Waals surface area contributed by atoms with Gasteiger partial charge in [-0.3, -0.25) is 9.20 Å². The van der Waals surface area contributed by atoms with Crippen LogP contribution in [0.4, 0.5) is 4.39 Å². The fourth-order valence-corrected chi connectivity index (χ4v) is 4.04. The number of nitrogens with zero attached hydrogens (tertiary/aromatic N) is 4. The van der Waals surface area contributed by atoms with Gasteiger partial charge in [-0.05, 0) is 45.0 Å². The average molecular weight is 376 g/mol.